The fourth-order valence-corrected chi connectivity index (χ4v) is 4.51. The monoisotopic (exact) mass is 278 g/mol. The number of rotatable bonds is 2. The van der Waals surface area contributed by atoms with E-state index in [1.165, 1.54) is 11.3 Å². The quantitative estimate of drug-likeness (QED) is 0.677. The highest BCUT2D eigenvalue weighted by atomic mass is 79.9. The first-order valence-corrected chi connectivity index (χ1v) is 6.56. The van der Waals surface area contributed by atoms with Crippen molar-refractivity contribution in [1.82, 2.24) is 0 Å². The van der Waals surface area contributed by atoms with Gasteiger partial charge in [0.2, 0.25) is 0 Å². The van der Waals surface area contributed by atoms with E-state index in [4.69, 9.17) is 11.6 Å². The van der Waals surface area contributed by atoms with Gasteiger partial charge < -0.3 is 0 Å². The van der Waals surface area contributed by atoms with Crippen LogP contribution in [0.2, 0.25) is 5.02 Å². The highest BCUT2D eigenvalue weighted by Gasteiger charge is 2.50. The topological polar surface area (TPSA) is 0 Å². The second-order valence-electron chi connectivity index (χ2n) is 4.33. The van der Waals surface area contributed by atoms with E-state index in [2.05, 4.69) is 35.2 Å². The van der Waals surface area contributed by atoms with Gasteiger partial charge in [-0.3, -0.25) is 0 Å². The maximum atomic E-state index is 6.08. The molecule has 0 aromatic carbocycles. The maximum Gasteiger partial charge on any atom is 0.0556 e. The van der Waals surface area contributed by atoms with Gasteiger partial charge in [-0.2, -0.15) is 0 Å². The molecular weight excluding hydrogens is 268 g/mol. The van der Waals surface area contributed by atoms with E-state index in [1.807, 2.05) is 6.07 Å². The van der Waals surface area contributed by atoms with E-state index < -0.39 is 0 Å². The van der Waals surface area contributed by atoms with Crippen molar-refractivity contribution in [1.29, 1.82) is 0 Å². The van der Waals surface area contributed by atoms with Gasteiger partial charge in [0.25, 0.3) is 0 Å². The molecule has 1 aromatic rings. The maximum absolute atomic E-state index is 6.08. The van der Waals surface area contributed by atoms with E-state index in [9.17, 15) is 0 Å². The third-order valence-corrected chi connectivity index (χ3v) is 5.68. The van der Waals surface area contributed by atoms with Crippen LogP contribution in [0.5, 0.6) is 0 Å². The molecule has 2 rings (SSSR count). The molecule has 0 spiro atoms. The molecule has 2 atom stereocenters. The first-order chi connectivity index (χ1) is 6.02. The SMILES string of the molecule is CC1(C)CC1C(Br)c1sccc1Cl. The predicted octanol–water partition coefficient (Wildman–Crippen LogP) is 4.88. The van der Waals surface area contributed by atoms with Crippen LogP contribution < -0.4 is 0 Å². The highest BCUT2D eigenvalue weighted by molar-refractivity contribution is 9.09. The van der Waals surface area contributed by atoms with Crippen molar-refractivity contribution in [3.8, 4) is 0 Å². The van der Waals surface area contributed by atoms with Gasteiger partial charge in [-0.1, -0.05) is 41.4 Å². The molecule has 1 heterocycles. The van der Waals surface area contributed by atoms with Crippen molar-refractivity contribution >= 4 is 38.9 Å². The fraction of sp³-hybridized carbons (Fsp3) is 0.600. The molecule has 13 heavy (non-hydrogen) atoms. The van der Waals surface area contributed by atoms with Crippen LogP contribution in [0.25, 0.3) is 0 Å². The third-order valence-electron chi connectivity index (χ3n) is 2.84. The number of hydrogen-bond acceptors (Lipinski definition) is 1. The normalized spacial score (nSPS) is 27.2. The Labute approximate surface area is 96.4 Å². The first kappa shape index (κ1) is 10.0. The van der Waals surface area contributed by atoms with Crippen molar-refractivity contribution in [3.05, 3.63) is 21.3 Å². The molecule has 0 radical (unpaired) electrons. The molecule has 0 aliphatic heterocycles. The van der Waals surface area contributed by atoms with Crippen molar-refractivity contribution < 1.29 is 0 Å². The molecule has 1 fully saturated rings. The molecule has 2 unspecified atom stereocenters. The summed E-state index contributed by atoms with van der Waals surface area (Å²) < 4.78 is 0. The first-order valence-electron chi connectivity index (χ1n) is 4.39. The summed E-state index contributed by atoms with van der Waals surface area (Å²) in [7, 11) is 0. The fourth-order valence-electron chi connectivity index (χ4n) is 1.69. The van der Waals surface area contributed by atoms with E-state index in [1.54, 1.807) is 11.3 Å². The van der Waals surface area contributed by atoms with Gasteiger partial charge >= 0.3 is 0 Å². The molecule has 1 aromatic heterocycles. The number of halogens is 2. The van der Waals surface area contributed by atoms with Gasteiger partial charge in [0.05, 0.1) is 9.85 Å². The van der Waals surface area contributed by atoms with Crippen LogP contribution in [0.1, 0.15) is 30.0 Å². The molecule has 0 N–H and O–H groups in total. The number of thiophene rings is 1. The summed E-state index contributed by atoms with van der Waals surface area (Å²) >= 11 is 11.6. The van der Waals surface area contributed by atoms with Crippen LogP contribution in [-0.4, -0.2) is 0 Å². The van der Waals surface area contributed by atoms with Crippen LogP contribution in [0.15, 0.2) is 11.4 Å². The second-order valence-corrected chi connectivity index (χ2v) is 6.68. The lowest BCUT2D eigenvalue weighted by atomic mass is 10.1. The van der Waals surface area contributed by atoms with E-state index in [0.717, 1.165) is 10.9 Å². The molecule has 0 nitrogen and oxygen atoms in total. The summed E-state index contributed by atoms with van der Waals surface area (Å²) in [6.07, 6.45) is 1.30. The molecule has 1 aliphatic rings. The standard InChI is InChI=1S/C10H12BrClS/c1-10(2)5-6(10)8(11)9-7(12)3-4-13-9/h3-4,6,8H,5H2,1-2H3. The van der Waals surface area contributed by atoms with Crippen LogP contribution in [0.3, 0.4) is 0 Å². The number of alkyl halides is 1. The lowest BCUT2D eigenvalue weighted by Crippen LogP contribution is -1.96. The Bertz CT molecular complexity index is 318. The van der Waals surface area contributed by atoms with Gasteiger partial charge in [0.15, 0.2) is 0 Å². The van der Waals surface area contributed by atoms with Gasteiger partial charge in [-0.15, -0.1) is 11.3 Å². The molecule has 72 valence electrons. The minimum absolute atomic E-state index is 0.454. The Morgan fingerprint density at radius 3 is 2.69 bits per heavy atom. The summed E-state index contributed by atoms with van der Waals surface area (Å²) in [6.45, 7) is 4.63. The van der Waals surface area contributed by atoms with Crippen LogP contribution in [0.4, 0.5) is 0 Å². The summed E-state index contributed by atoms with van der Waals surface area (Å²) in [5, 5.41) is 2.97. The number of hydrogen-bond donors (Lipinski definition) is 0. The Kier molecular flexibility index (Phi) is 2.50. The predicted molar refractivity (Wildman–Crippen MR) is 62.9 cm³/mol. The summed E-state index contributed by atoms with van der Waals surface area (Å²) in [5.41, 5.74) is 0.501. The summed E-state index contributed by atoms with van der Waals surface area (Å²) in [6, 6.07) is 1.98. The molecular formula is C10H12BrClS. The summed E-state index contributed by atoms with van der Waals surface area (Å²) in [4.78, 5) is 1.74. The smallest absolute Gasteiger partial charge is 0.0556 e. The van der Waals surface area contributed by atoms with Crippen LogP contribution in [-0.2, 0) is 0 Å². The largest absolute Gasteiger partial charge is 0.146 e. The highest BCUT2D eigenvalue weighted by Crippen LogP contribution is 2.61. The minimum atomic E-state index is 0.454. The Morgan fingerprint density at radius 2 is 2.31 bits per heavy atom. The lowest BCUT2D eigenvalue weighted by molar-refractivity contribution is 0.557. The molecule has 0 saturated heterocycles. The van der Waals surface area contributed by atoms with Crippen molar-refractivity contribution in [2.45, 2.75) is 25.1 Å². The Morgan fingerprint density at radius 1 is 1.69 bits per heavy atom. The Balaban J connectivity index is 2.15. The molecule has 0 amide bonds. The van der Waals surface area contributed by atoms with Gasteiger partial charge in [-0.05, 0) is 29.2 Å². The molecule has 0 bridgehead atoms. The molecule has 1 aliphatic carbocycles. The third kappa shape index (κ3) is 1.81. The van der Waals surface area contributed by atoms with Gasteiger partial charge in [0.1, 0.15) is 0 Å². The van der Waals surface area contributed by atoms with Crippen molar-refractivity contribution in [2.75, 3.05) is 0 Å². The zero-order valence-corrected chi connectivity index (χ0v) is 10.8. The Hall–Kier alpha value is 0.470. The zero-order chi connectivity index (χ0) is 9.64. The van der Waals surface area contributed by atoms with E-state index in [-0.39, 0.29) is 0 Å². The molecule has 1 saturated carbocycles. The second kappa shape index (κ2) is 3.25. The van der Waals surface area contributed by atoms with Crippen LogP contribution in [0, 0.1) is 11.3 Å². The van der Waals surface area contributed by atoms with Crippen molar-refractivity contribution in [2.24, 2.45) is 11.3 Å². The average Bonchev–Trinajstić information content (AvgIpc) is 2.49. The van der Waals surface area contributed by atoms with E-state index >= 15 is 0 Å². The molecule has 3 heteroatoms. The zero-order valence-electron chi connectivity index (χ0n) is 7.68. The van der Waals surface area contributed by atoms with Gasteiger partial charge in [-0.25, -0.2) is 0 Å². The van der Waals surface area contributed by atoms with Crippen LogP contribution >= 0.6 is 38.9 Å². The average molecular weight is 280 g/mol. The van der Waals surface area contributed by atoms with E-state index in [0.29, 0.717) is 10.2 Å². The minimum Gasteiger partial charge on any atom is -0.146 e. The summed E-state index contributed by atoms with van der Waals surface area (Å²) in [5.74, 6) is 0.753. The van der Waals surface area contributed by atoms with Crippen molar-refractivity contribution in [3.63, 3.8) is 0 Å². The lowest BCUT2D eigenvalue weighted by Gasteiger charge is -2.10. The van der Waals surface area contributed by atoms with Gasteiger partial charge in [0, 0.05) is 4.88 Å².